The van der Waals surface area contributed by atoms with Crippen LogP contribution in [-0.2, 0) is 16.6 Å². The average molecular weight is 491 g/mol. The Morgan fingerprint density at radius 1 is 1.18 bits per heavy atom. The van der Waals surface area contributed by atoms with E-state index in [0.29, 0.717) is 10.8 Å². The van der Waals surface area contributed by atoms with Crippen molar-refractivity contribution in [3.05, 3.63) is 74.3 Å². The second kappa shape index (κ2) is 9.27. The predicted octanol–water partition coefficient (Wildman–Crippen LogP) is 0.0995. The third-order valence-corrected chi connectivity index (χ3v) is 6.15. The van der Waals surface area contributed by atoms with Crippen molar-refractivity contribution in [2.24, 2.45) is 0 Å². The molecule has 2 N–H and O–H groups in total. The summed E-state index contributed by atoms with van der Waals surface area (Å²) in [5, 5.41) is 0.335. The summed E-state index contributed by atoms with van der Waals surface area (Å²) in [5.41, 5.74) is -0.152. The zero-order valence-corrected chi connectivity index (χ0v) is 18.8. The summed E-state index contributed by atoms with van der Waals surface area (Å²) in [5.74, 6) is -1.48. The molecule has 1 aliphatic carbocycles. The molecule has 0 aromatic carbocycles. The monoisotopic (exact) mass is 491 g/mol. The number of alkyl halides is 1. The molecule has 3 aromatic rings. The fourth-order valence-electron chi connectivity index (χ4n) is 3.37. The third kappa shape index (κ3) is 4.79. The van der Waals surface area contributed by atoms with Crippen molar-refractivity contribution >= 4 is 28.2 Å². The van der Waals surface area contributed by atoms with Crippen molar-refractivity contribution in [1.82, 2.24) is 19.7 Å². The highest BCUT2D eigenvalue weighted by molar-refractivity contribution is 7.90. The van der Waals surface area contributed by atoms with Crippen LogP contribution in [0.4, 0.5) is 14.6 Å². The van der Waals surface area contributed by atoms with Crippen molar-refractivity contribution < 1.29 is 26.4 Å². The molecule has 2 unspecified atom stereocenters. The Balaban J connectivity index is 1.70. The molecule has 3 heterocycles. The molecule has 0 fully saturated rings. The van der Waals surface area contributed by atoms with Crippen LogP contribution in [0.5, 0.6) is 6.01 Å². The van der Waals surface area contributed by atoms with Crippen LogP contribution in [0.2, 0.25) is 0 Å². The second-order valence-corrected chi connectivity index (χ2v) is 8.90. The molecule has 3 aromatic heterocycles. The molecule has 0 saturated carbocycles. The highest BCUT2D eigenvalue weighted by atomic mass is 32.2. The molecular formula is C21H19F2N5O5S. The fourth-order valence-corrected chi connectivity index (χ4v) is 3.87. The first-order valence-electron chi connectivity index (χ1n) is 9.97. The summed E-state index contributed by atoms with van der Waals surface area (Å²) >= 11 is 0. The van der Waals surface area contributed by atoms with Crippen molar-refractivity contribution in [3.63, 3.8) is 0 Å². The van der Waals surface area contributed by atoms with Crippen LogP contribution in [0.15, 0.2) is 39.9 Å². The number of ether oxygens (including phenoxy) is 1. The largest absolute Gasteiger partial charge is 0.452 e. The van der Waals surface area contributed by atoms with Crippen LogP contribution in [0.25, 0.3) is 12.2 Å². The van der Waals surface area contributed by atoms with Crippen molar-refractivity contribution in [3.8, 4) is 6.01 Å². The molecule has 2 atom stereocenters. The molecule has 0 spiro atoms. The Bertz CT molecular complexity index is 1510. The van der Waals surface area contributed by atoms with Gasteiger partial charge in [0, 0.05) is 48.9 Å². The Kier molecular flexibility index (Phi) is 6.39. The molecule has 1 aliphatic rings. The smallest absolute Gasteiger partial charge is 0.340 e. The topological polar surface area (TPSA) is 136 Å². The van der Waals surface area contributed by atoms with E-state index < -0.39 is 39.7 Å². The van der Waals surface area contributed by atoms with Gasteiger partial charge >= 0.3 is 11.6 Å². The lowest BCUT2D eigenvalue weighted by molar-refractivity contribution is 0.170. The van der Waals surface area contributed by atoms with Crippen LogP contribution in [0.1, 0.15) is 16.7 Å². The minimum Gasteiger partial charge on any atom is -0.452 e. The molecule has 0 aliphatic heterocycles. The molecule has 10 nitrogen and oxygen atoms in total. The number of halogens is 2. The summed E-state index contributed by atoms with van der Waals surface area (Å²) in [7, 11) is -2.85. The molecule has 0 amide bonds. The number of rotatable bonds is 7. The van der Waals surface area contributed by atoms with Crippen molar-refractivity contribution in [2.75, 3.05) is 11.8 Å². The van der Waals surface area contributed by atoms with Gasteiger partial charge in [0.05, 0.1) is 0 Å². The Hall–Kier alpha value is -3.71. The second-order valence-electron chi connectivity index (χ2n) is 7.28. The molecule has 178 valence electrons. The van der Waals surface area contributed by atoms with Gasteiger partial charge in [0.15, 0.2) is 23.9 Å². The lowest BCUT2D eigenvalue weighted by Crippen LogP contribution is -2.43. The first-order chi connectivity index (χ1) is 16.2. The Morgan fingerprint density at radius 2 is 1.91 bits per heavy atom. The van der Waals surface area contributed by atoms with Gasteiger partial charge < -0.3 is 9.15 Å². The average Bonchev–Trinajstić information content (AvgIpc) is 2.81. The molecular weight excluding hydrogens is 472 g/mol. The Labute approximate surface area is 192 Å². The summed E-state index contributed by atoms with van der Waals surface area (Å²) in [6, 6.07) is 2.86. The molecule has 13 heteroatoms. The van der Waals surface area contributed by atoms with E-state index in [9.17, 15) is 22.0 Å². The van der Waals surface area contributed by atoms with E-state index in [2.05, 4.69) is 15.0 Å². The van der Waals surface area contributed by atoms with Crippen molar-refractivity contribution in [1.29, 1.82) is 0 Å². The first-order valence-corrected chi connectivity index (χ1v) is 11.5. The molecule has 0 saturated heterocycles. The van der Waals surface area contributed by atoms with E-state index in [0.717, 1.165) is 7.05 Å². The van der Waals surface area contributed by atoms with Gasteiger partial charge in [0.2, 0.25) is 0 Å². The standard InChI is InChI=1S/C21H19F2N5O5S/c1-11-13-9-15(22)17(33-21-26-5-3-6-27-21)10-16(13)32-20(29)14(11)8-12-4-7-25-19(18(12)23)28-34(30,31)24-2/h3-7,9-10,15,17,24H,8H2,1-2H3,(H,25,28). The van der Waals surface area contributed by atoms with E-state index in [1.807, 2.05) is 9.44 Å². The number of nitrogens with zero attached hydrogens (tertiary/aromatic N) is 3. The summed E-state index contributed by atoms with van der Waals surface area (Å²) in [4.78, 5) is 24.2. The van der Waals surface area contributed by atoms with E-state index >= 15 is 0 Å². The van der Waals surface area contributed by atoms with Crippen LogP contribution >= 0.6 is 0 Å². The first kappa shape index (κ1) is 23.4. The van der Waals surface area contributed by atoms with Crippen LogP contribution in [0, 0.1) is 12.7 Å². The number of hydrogen-bond donors (Lipinski definition) is 2. The summed E-state index contributed by atoms with van der Waals surface area (Å²) in [6.07, 6.45) is 3.74. The van der Waals surface area contributed by atoms with Gasteiger partial charge in [-0.1, -0.05) is 0 Å². The van der Waals surface area contributed by atoms with Gasteiger partial charge in [0.25, 0.3) is 10.2 Å². The van der Waals surface area contributed by atoms with E-state index in [1.54, 1.807) is 13.0 Å². The van der Waals surface area contributed by atoms with Crippen LogP contribution in [0.3, 0.4) is 0 Å². The molecule has 4 rings (SSSR count). The normalized spacial score (nSPS) is 17.3. The highest BCUT2D eigenvalue weighted by Gasteiger charge is 2.25. The summed E-state index contributed by atoms with van der Waals surface area (Å²) in [6.45, 7) is 1.59. The maximum Gasteiger partial charge on any atom is 0.340 e. The van der Waals surface area contributed by atoms with Crippen molar-refractivity contribution in [2.45, 2.75) is 25.6 Å². The number of anilines is 1. The maximum absolute atomic E-state index is 14.9. The van der Waals surface area contributed by atoms with Crippen LogP contribution in [-0.4, -0.2) is 42.7 Å². The minimum atomic E-state index is -4.00. The third-order valence-electron chi connectivity index (χ3n) is 5.15. The lowest BCUT2D eigenvalue weighted by atomic mass is 9.98. The van der Waals surface area contributed by atoms with Gasteiger partial charge in [-0.05, 0) is 36.3 Å². The summed E-state index contributed by atoms with van der Waals surface area (Å²) < 4.78 is 67.9. The molecule has 34 heavy (non-hydrogen) atoms. The number of fused-ring (bicyclic) bond motifs is 1. The number of pyridine rings is 1. The zero-order valence-electron chi connectivity index (χ0n) is 18.0. The Morgan fingerprint density at radius 3 is 2.62 bits per heavy atom. The SMILES string of the molecule is CNS(=O)(=O)Nc1nccc(Cc2c(C)c3c(oc2=O)=CC(Oc2ncccn2)C(F)C=3)c1F. The number of aromatic nitrogens is 3. The van der Waals surface area contributed by atoms with Gasteiger partial charge in [-0.15, -0.1) is 0 Å². The fraction of sp³-hybridized carbons (Fsp3) is 0.238. The number of hydrogen-bond acceptors (Lipinski definition) is 8. The van der Waals surface area contributed by atoms with Gasteiger partial charge in [-0.2, -0.15) is 8.42 Å². The van der Waals surface area contributed by atoms with Gasteiger partial charge in [0.1, 0.15) is 5.42 Å². The molecule has 0 bridgehead atoms. The molecule has 0 radical (unpaired) electrons. The lowest BCUT2D eigenvalue weighted by Gasteiger charge is -2.19. The van der Waals surface area contributed by atoms with E-state index in [1.165, 1.54) is 36.8 Å². The van der Waals surface area contributed by atoms with Crippen LogP contribution < -0.4 is 30.4 Å². The van der Waals surface area contributed by atoms with E-state index in [4.69, 9.17) is 9.15 Å². The predicted molar refractivity (Wildman–Crippen MR) is 118 cm³/mol. The quantitative estimate of drug-likeness (QED) is 0.475. The van der Waals surface area contributed by atoms with Gasteiger partial charge in [-0.3, -0.25) is 4.72 Å². The zero-order chi connectivity index (χ0) is 24.5. The minimum absolute atomic E-state index is 0.00169. The van der Waals surface area contributed by atoms with Gasteiger partial charge in [-0.25, -0.2) is 33.2 Å². The number of nitrogens with one attached hydrogen (secondary N) is 2. The highest BCUT2D eigenvalue weighted by Crippen LogP contribution is 2.19. The maximum atomic E-state index is 14.9. The van der Waals surface area contributed by atoms with E-state index in [-0.39, 0.29) is 29.0 Å².